The van der Waals surface area contributed by atoms with Crippen molar-refractivity contribution in [1.82, 2.24) is 9.88 Å². The summed E-state index contributed by atoms with van der Waals surface area (Å²) in [5.74, 6) is 1.40. The first-order chi connectivity index (χ1) is 9.58. The normalized spacial score (nSPS) is 25.5. The van der Waals surface area contributed by atoms with Gasteiger partial charge in [0.05, 0.1) is 5.69 Å². The molecule has 2 aliphatic rings. The molecule has 0 aromatic carbocycles. The van der Waals surface area contributed by atoms with Crippen LogP contribution in [0.5, 0.6) is 0 Å². The number of anilines is 1. The molecule has 0 spiro atoms. The van der Waals surface area contributed by atoms with E-state index in [4.69, 9.17) is 5.73 Å². The molecule has 1 aliphatic heterocycles. The van der Waals surface area contributed by atoms with Crippen LogP contribution in [-0.2, 0) is 6.42 Å². The zero-order chi connectivity index (χ0) is 14.3. The van der Waals surface area contributed by atoms with Crippen LogP contribution in [0.15, 0.2) is 11.6 Å². The molecule has 3 rings (SSSR count). The number of hydrogen-bond acceptors (Lipinski definition) is 4. The average Bonchev–Trinajstić information content (AvgIpc) is 3.00. The Labute approximate surface area is 123 Å². The number of nitrogens with two attached hydrogens (primary N) is 1. The molecule has 0 unspecified atom stereocenters. The van der Waals surface area contributed by atoms with Gasteiger partial charge in [0.25, 0.3) is 5.91 Å². The maximum Gasteiger partial charge on any atom is 0.265 e. The number of carbonyl (C=O) groups is 1. The fraction of sp³-hybridized carbons (Fsp3) is 0.600. The molecule has 0 radical (unpaired) electrons. The molecule has 1 aliphatic carbocycles. The Morgan fingerprint density at radius 1 is 1.50 bits per heavy atom. The second-order valence-corrected chi connectivity index (χ2v) is 6.93. The van der Waals surface area contributed by atoms with Crippen LogP contribution in [0, 0.1) is 11.8 Å². The number of aryl methyl sites for hydroxylation is 1. The quantitative estimate of drug-likeness (QED) is 0.852. The fourth-order valence-electron chi connectivity index (χ4n) is 3.37. The predicted molar refractivity (Wildman–Crippen MR) is 81.8 cm³/mol. The second kappa shape index (κ2) is 5.20. The van der Waals surface area contributed by atoms with E-state index in [-0.39, 0.29) is 5.91 Å². The highest BCUT2D eigenvalue weighted by atomic mass is 32.1. The monoisotopic (exact) mass is 291 g/mol. The van der Waals surface area contributed by atoms with Gasteiger partial charge >= 0.3 is 0 Å². The molecule has 0 saturated carbocycles. The van der Waals surface area contributed by atoms with Crippen molar-refractivity contribution < 1.29 is 4.79 Å². The van der Waals surface area contributed by atoms with Gasteiger partial charge < -0.3 is 10.6 Å². The van der Waals surface area contributed by atoms with E-state index in [0.29, 0.717) is 17.0 Å². The third-order valence-electron chi connectivity index (χ3n) is 4.46. The van der Waals surface area contributed by atoms with E-state index in [9.17, 15) is 4.79 Å². The molecule has 2 atom stereocenters. The summed E-state index contributed by atoms with van der Waals surface area (Å²) in [5, 5.41) is 0.499. The highest BCUT2D eigenvalue weighted by molar-refractivity contribution is 7.17. The molecule has 0 bridgehead atoms. The first-order valence-electron chi connectivity index (χ1n) is 7.28. The van der Waals surface area contributed by atoms with Gasteiger partial charge in [0.15, 0.2) is 5.13 Å². The molecule has 5 heteroatoms. The minimum Gasteiger partial charge on any atom is -0.375 e. The molecule has 1 aromatic heterocycles. The zero-order valence-electron chi connectivity index (χ0n) is 12.1. The van der Waals surface area contributed by atoms with Crippen molar-refractivity contribution in [2.75, 3.05) is 18.8 Å². The number of thiazole rings is 1. The third-order valence-corrected chi connectivity index (χ3v) is 5.37. The number of rotatable bonds is 2. The Morgan fingerprint density at radius 2 is 2.25 bits per heavy atom. The van der Waals surface area contributed by atoms with Crippen molar-refractivity contribution in [2.24, 2.45) is 11.8 Å². The van der Waals surface area contributed by atoms with Crippen LogP contribution >= 0.6 is 11.3 Å². The minimum atomic E-state index is 0.128. The van der Waals surface area contributed by atoms with Gasteiger partial charge in [-0.2, -0.15) is 0 Å². The van der Waals surface area contributed by atoms with Crippen LogP contribution < -0.4 is 5.73 Å². The van der Waals surface area contributed by atoms with Gasteiger partial charge in [-0.3, -0.25) is 4.79 Å². The topological polar surface area (TPSA) is 59.2 Å². The van der Waals surface area contributed by atoms with E-state index < -0.39 is 0 Å². The van der Waals surface area contributed by atoms with Crippen molar-refractivity contribution in [3.05, 3.63) is 22.2 Å². The van der Waals surface area contributed by atoms with E-state index in [0.717, 1.165) is 42.9 Å². The van der Waals surface area contributed by atoms with Crippen LogP contribution in [0.4, 0.5) is 5.13 Å². The highest BCUT2D eigenvalue weighted by Gasteiger charge is 2.37. The number of fused-ring (bicyclic) bond motifs is 1. The Morgan fingerprint density at radius 3 is 3.00 bits per heavy atom. The maximum absolute atomic E-state index is 12.7. The molecule has 2 heterocycles. The molecule has 20 heavy (non-hydrogen) atoms. The van der Waals surface area contributed by atoms with Gasteiger partial charge in [0.2, 0.25) is 0 Å². The Hall–Kier alpha value is -1.36. The first-order valence-corrected chi connectivity index (χ1v) is 8.10. The number of hydrogen-bond donors (Lipinski definition) is 1. The molecule has 4 nitrogen and oxygen atoms in total. The first kappa shape index (κ1) is 13.6. The number of carbonyl (C=O) groups excluding carboxylic acids is 1. The number of allylic oxidation sites excluding steroid dienone is 2. The zero-order valence-corrected chi connectivity index (χ0v) is 12.9. The standard InChI is InChI=1S/C15H21N3OS/c1-3-12-13(20-15(16)17-12)14(19)18-7-10-5-4-9(2)6-11(10)8-18/h4,10-11H,3,5-8H2,1-2H3,(H2,16,17)/t10-,11+/m1/s1. The summed E-state index contributed by atoms with van der Waals surface area (Å²) in [6.45, 7) is 5.98. The van der Waals surface area contributed by atoms with Gasteiger partial charge in [0, 0.05) is 13.1 Å². The number of nitrogen functional groups attached to an aromatic ring is 1. The third kappa shape index (κ3) is 2.35. The Balaban J connectivity index is 1.76. The lowest BCUT2D eigenvalue weighted by Crippen LogP contribution is -2.29. The second-order valence-electron chi connectivity index (χ2n) is 5.90. The van der Waals surface area contributed by atoms with Crippen molar-refractivity contribution in [3.63, 3.8) is 0 Å². The van der Waals surface area contributed by atoms with Gasteiger partial charge in [-0.15, -0.1) is 0 Å². The summed E-state index contributed by atoms with van der Waals surface area (Å²) in [5.41, 5.74) is 8.07. The minimum absolute atomic E-state index is 0.128. The lowest BCUT2D eigenvalue weighted by Gasteiger charge is -2.21. The average molecular weight is 291 g/mol. The molecule has 1 fully saturated rings. The summed E-state index contributed by atoms with van der Waals surface area (Å²) in [4.78, 5) is 19.7. The molecular formula is C15H21N3OS. The van der Waals surface area contributed by atoms with Gasteiger partial charge in [0.1, 0.15) is 4.88 Å². The van der Waals surface area contributed by atoms with E-state index in [2.05, 4.69) is 18.0 Å². The van der Waals surface area contributed by atoms with Crippen molar-refractivity contribution >= 4 is 22.4 Å². The summed E-state index contributed by atoms with van der Waals surface area (Å²) >= 11 is 1.33. The van der Waals surface area contributed by atoms with Gasteiger partial charge in [-0.1, -0.05) is 29.9 Å². The smallest absolute Gasteiger partial charge is 0.265 e. The van der Waals surface area contributed by atoms with Crippen LogP contribution in [0.3, 0.4) is 0 Å². The fourth-order valence-corrected chi connectivity index (χ4v) is 4.26. The lowest BCUT2D eigenvalue weighted by molar-refractivity contribution is 0.0787. The number of likely N-dealkylation sites (tertiary alicyclic amines) is 1. The summed E-state index contributed by atoms with van der Waals surface area (Å²) in [7, 11) is 0. The van der Waals surface area contributed by atoms with Crippen molar-refractivity contribution in [1.29, 1.82) is 0 Å². The van der Waals surface area contributed by atoms with Crippen LogP contribution in [0.2, 0.25) is 0 Å². The van der Waals surface area contributed by atoms with E-state index in [1.165, 1.54) is 16.9 Å². The van der Waals surface area contributed by atoms with Crippen LogP contribution in [-0.4, -0.2) is 28.9 Å². The van der Waals surface area contributed by atoms with E-state index in [1.54, 1.807) is 0 Å². The Bertz CT molecular complexity index is 563. The number of amides is 1. The SMILES string of the molecule is CCc1nc(N)sc1C(=O)N1C[C@H]2CC=C(C)C[C@H]2C1. The molecule has 1 amide bonds. The van der Waals surface area contributed by atoms with Gasteiger partial charge in [-0.05, 0) is 38.0 Å². The van der Waals surface area contributed by atoms with Crippen molar-refractivity contribution in [2.45, 2.75) is 33.1 Å². The molecule has 1 aromatic rings. The van der Waals surface area contributed by atoms with Crippen molar-refractivity contribution in [3.8, 4) is 0 Å². The molecule has 108 valence electrons. The molecule has 2 N–H and O–H groups in total. The number of aromatic nitrogens is 1. The van der Waals surface area contributed by atoms with Crippen LogP contribution in [0.1, 0.15) is 42.1 Å². The summed E-state index contributed by atoms with van der Waals surface area (Å²) in [6, 6.07) is 0. The number of nitrogens with zero attached hydrogens (tertiary/aromatic N) is 2. The van der Waals surface area contributed by atoms with Gasteiger partial charge in [-0.25, -0.2) is 4.98 Å². The van der Waals surface area contributed by atoms with E-state index in [1.807, 2.05) is 11.8 Å². The lowest BCUT2D eigenvalue weighted by atomic mass is 9.83. The largest absolute Gasteiger partial charge is 0.375 e. The predicted octanol–water partition coefficient (Wildman–Crippen LogP) is 2.72. The molecular weight excluding hydrogens is 270 g/mol. The summed E-state index contributed by atoms with van der Waals surface area (Å²) in [6.07, 6.45) is 5.35. The highest BCUT2D eigenvalue weighted by Crippen LogP contribution is 2.37. The maximum atomic E-state index is 12.7. The summed E-state index contributed by atoms with van der Waals surface area (Å²) < 4.78 is 0. The van der Waals surface area contributed by atoms with E-state index >= 15 is 0 Å². The van der Waals surface area contributed by atoms with Crippen LogP contribution in [0.25, 0.3) is 0 Å². The Kier molecular flexibility index (Phi) is 3.54. The molecule has 1 saturated heterocycles.